The summed E-state index contributed by atoms with van der Waals surface area (Å²) in [7, 11) is -2.07. The van der Waals surface area contributed by atoms with Crippen LogP contribution < -0.4 is 14.4 Å². The number of anilines is 1. The molecule has 2 aromatic rings. The van der Waals surface area contributed by atoms with Gasteiger partial charge < -0.3 is 15.0 Å². The first-order valence-corrected chi connectivity index (χ1v) is 13.2. The van der Waals surface area contributed by atoms with Crippen LogP contribution in [0.1, 0.15) is 32.3 Å². The van der Waals surface area contributed by atoms with Crippen molar-refractivity contribution in [1.29, 1.82) is 0 Å². The molecular formula is C24H32ClN3O5S. The topological polar surface area (TPSA) is 96.0 Å². The fraction of sp³-hybridized carbons (Fsp3) is 0.417. The average molecular weight is 510 g/mol. The maximum Gasteiger partial charge on any atom is 0.242 e. The van der Waals surface area contributed by atoms with E-state index in [2.05, 4.69) is 5.32 Å². The maximum absolute atomic E-state index is 13.2. The third-order valence-electron chi connectivity index (χ3n) is 5.28. The number of methoxy groups -OCH3 is 1. The van der Waals surface area contributed by atoms with E-state index in [9.17, 15) is 18.0 Å². The second-order valence-corrected chi connectivity index (χ2v) is 10.2. The predicted octanol–water partition coefficient (Wildman–Crippen LogP) is 3.45. The number of rotatable bonds is 12. The van der Waals surface area contributed by atoms with Crippen LogP contribution in [0.4, 0.5) is 5.69 Å². The summed E-state index contributed by atoms with van der Waals surface area (Å²) >= 11 is 5.96. The highest BCUT2D eigenvalue weighted by molar-refractivity contribution is 7.92. The van der Waals surface area contributed by atoms with Gasteiger partial charge in [-0.2, -0.15) is 0 Å². The lowest BCUT2D eigenvalue weighted by atomic mass is 10.1. The minimum Gasteiger partial charge on any atom is -0.497 e. The van der Waals surface area contributed by atoms with Gasteiger partial charge in [-0.25, -0.2) is 8.42 Å². The Balaban J connectivity index is 2.15. The molecule has 0 saturated carbocycles. The SMILES string of the molecule is CCNC(=O)[C@@H](C)N(Cc1ccc(Cl)cc1)C(=O)CCCN(c1cccc(OC)c1)S(C)(=O)=O. The van der Waals surface area contributed by atoms with Gasteiger partial charge in [0.05, 0.1) is 19.1 Å². The maximum atomic E-state index is 13.2. The summed E-state index contributed by atoms with van der Waals surface area (Å²) in [5, 5.41) is 3.33. The van der Waals surface area contributed by atoms with Gasteiger partial charge in [-0.1, -0.05) is 29.8 Å². The van der Waals surface area contributed by atoms with Crippen molar-refractivity contribution in [2.24, 2.45) is 0 Å². The molecule has 0 aliphatic rings. The first-order valence-electron chi connectivity index (χ1n) is 11.0. The molecule has 0 heterocycles. The van der Waals surface area contributed by atoms with E-state index in [1.54, 1.807) is 55.5 Å². The highest BCUT2D eigenvalue weighted by Crippen LogP contribution is 2.24. The zero-order valence-electron chi connectivity index (χ0n) is 20.0. The molecule has 0 bridgehead atoms. The van der Waals surface area contributed by atoms with Gasteiger partial charge in [0.15, 0.2) is 0 Å². The van der Waals surface area contributed by atoms with Crippen LogP contribution in [0.15, 0.2) is 48.5 Å². The summed E-state index contributed by atoms with van der Waals surface area (Å²) < 4.78 is 31.3. The van der Waals surface area contributed by atoms with Gasteiger partial charge in [0, 0.05) is 37.1 Å². The van der Waals surface area contributed by atoms with Crippen LogP contribution in [-0.4, -0.2) is 57.6 Å². The van der Waals surface area contributed by atoms with Crippen LogP contribution in [0.5, 0.6) is 5.75 Å². The van der Waals surface area contributed by atoms with Crippen LogP contribution in [-0.2, 0) is 26.2 Å². The minimum absolute atomic E-state index is 0.0767. The van der Waals surface area contributed by atoms with Gasteiger partial charge in [0.1, 0.15) is 11.8 Å². The van der Waals surface area contributed by atoms with Crippen molar-refractivity contribution in [3.63, 3.8) is 0 Å². The molecule has 2 amide bonds. The third kappa shape index (κ3) is 7.92. The normalized spacial score (nSPS) is 12.0. The Morgan fingerprint density at radius 2 is 1.82 bits per heavy atom. The van der Waals surface area contributed by atoms with Gasteiger partial charge in [-0.3, -0.25) is 13.9 Å². The van der Waals surface area contributed by atoms with Gasteiger partial charge >= 0.3 is 0 Å². The van der Waals surface area contributed by atoms with E-state index in [0.29, 0.717) is 23.0 Å². The lowest BCUT2D eigenvalue weighted by molar-refractivity contribution is -0.140. The zero-order chi connectivity index (χ0) is 25.3. The summed E-state index contributed by atoms with van der Waals surface area (Å²) in [6, 6.07) is 13.1. The number of nitrogens with zero attached hydrogens (tertiary/aromatic N) is 2. The summed E-state index contributed by atoms with van der Waals surface area (Å²) in [6.45, 7) is 4.30. The number of carbonyl (C=O) groups excluding carboxylic acids is 2. The minimum atomic E-state index is -3.57. The number of amides is 2. The number of ether oxygens (including phenoxy) is 1. The highest BCUT2D eigenvalue weighted by Gasteiger charge is 2.26. The van der Waals surface area contributed by atoms with E-state index in [4.69, 9.17) is 16.3 Å². The number of sulfonamides is 1. The zero-order valence-corrected chi connectivity index (χ0v) is 21.5. The van der Waals surface area contributed by atoms with Crippen LogP contribution in [0.25, 0.3) is 0 Å². The number of benzene rings is 2. The number of likely N-dealkylation sites (N-methyl/N-ethyl adjacent to an activating group) is 1. The van der Waals surface area contributed by atoms with Crippen LogP contribution in [0.3, 0.4) is 0 Å². The van der Waals surface area contributed by atoms with Crippen molar-refractivity contribution in [1.82, 2.24) is 10.2 Å². The molecule has 0 aliphatic carbocycles. The summed E-state index contributed by atoms with van der Waals surface area (Å²) in [4.78, 5) is 27.1. The van der Waals surface area contributed by atoms with E-state index in [0.717, 1.165) is 11.8 Å². The quantitative estimate of drug-likeness (QED) is 0.472. The lowest BCUT2D eigenvalue weighted by Crippen LogP contribution is -2.47. The number of nitrogens with one attached hydrogen (secondary N) is 1. The molecule has 8 nitrogen and oxygen atoms in total. The van der Waals surface area contributed by atoms with E-state index in [1.807, 2.05) is 6.92 Å². The Morgan fingerprint density at radius 3 is 2.41 bits per heavy atom. The van der Waals surface area contributed by atoms with Crippen LogP contribution >= 0.6 is 11.6 Å². The molecule has 0 aliphatic heterocycles. The monoisotopic (exact) mass is 509 g/mol. The summed E-state index contributed by atoms with van der Waals surface area (Å²) in [5.74, 6) is 0.0406. The van der Waals surface area contributed by atoms with Crippen molar-refractivity contribution >= 4 is 39.1 Å². The molecule has 0 unspecified atom stereocenters. The molecule has 0 aromatic heterocycles. The van der Waals surface area contributed by atoms with Crippen molar-refractivity contribution in [3.8, 4) is 5.75 Å². The summed E-state index contributed by atoms with van der Waals surface area (Å²) in [5.41, 5.74) is 1.30. The third-order valence-corrected chi connectivity index (χ3v) is 6.72. The smallest absolute Gasteiger partial charge is 0.242 e. The molecule has 0 spiro atoms. The molecule has 1 N–H and O–H groups in total. The summed E-state index contributed by atoms with van der Waals surface area (Å²) in [6.07, 6.45) is 1.48. The van der Waals surface area contributed by atoms with E-state index in [1.165, 1.54) is 16.3 Å². The molecule has 0 fully saturated rings. The standard InChI is InChI=1S/C24H32ClN3O5S/c1-5-26-24(30)18(2)27(17-19-11-13-20(25)14-12-19)23(29)10-7-15-28(34(4,31)32)21-8-6-9-22(16-21)33-3/h6,8-9,11-14,16,18H,5,7,10,15,17H2,1-4H3,(H,26,30)/t18-/m1/s1. The van der Waals surface area contributed by atoms with E-state index >= 15 is 0 Å². The van der Waals surface area contributed by atoms with Crippen molar-refractivity contribution in [3.05, 3.63) is 59.1 Å². The molecule has 2 rings (SSSR count). The largest absolute Gasteiger partial charge is 0.497 e. The Labute approximate surface area is 206 Å². The van der Waals surface area contributed by atoms with Gasteiger partial charge in [-0.05, 0) is 50.1 Å². The number of hydrogen-bond donors (Lipinski definition) is 1. The number of hydrogen-bond acceptors (Lipinski definition) is 5. The number of halogens is 1. The van der Waals surface area contributed by atoms with Gasteiger partial charge in [0.2, 0.25) is 21.8 Å². The average Bonchev–Trinajstić information content (AvgIpc) is 2.80. The molecule has 2 aromatic carbocycles. The van der Waals surface area contributed by atoms with E-state index in [-0.39, 0.29) is 37.7 Å². The van der Waals surface area contributed by atoms with Crippen LogP contribution in [0, 0.1) is 0 Å². The Hall–Kier alpha value is -2.78. The molecule has 34 heavy (non-hydrogen) atoms. The fourth-order valence-corrected chi connectivity index (χ4v) is 4.54. The van der Waals surface area contributed by atoms with Crippen molar-refractivity contribution in [2.75, 3.05) is 30.8 Å². The fourth-order valence-electron chi connectivity index (χ4n) is 3.46. The Morgan fingerprint density at radius 1 is 1.15 bits per heavy atom. The van der Waals surface area contributed by atoms with E-state index < -0.39 is 16.1 Å². The second kappa shape index (κ2) is 12.6. The van der Waals surface area contributed by atoms with Gasteiger partial charge in [0.25, 0.3) is 0 Å². The molecule has 0 radical (unpaired) electrons. The first kappa shape index (κ1) is 27.5. The molecule has 186 valence electrons. The van der Waals surface area contributed by atoms with Crippen molar-refractivity contribution in [2.45, 2.75) is 39.3 Å². The first-order chi connectivity index (χ1) is 16.1. The van der Waals surface area contributed by atoms with Crippen LogP contribution in [0.2, 0.25) is 5.02 Å². The molecule has 0 saturated heterocycles. The predicted molar refractivity (Wildman–Crippen MR) is 135 cm³/mol. The second-order valence-electron chi connectivity index (χ2n) is 7.86. The van der Waals surface area contributed by atoms with Crippen molar-refractivity contribution < 1.29 is 22.7 Å². The Kier molecular flexibility index (Phi) is 10.2. The molecule has 1 atom stereocenters. The molecular weight excluding hydrogens is 478 g/mol. The lowest BCUT2D eigenvalue weighted by Gasteiger charge is -2.29. The number of carbonyl (C=O) groups is 2. The highest BCUT2D eigenvalue weighted by atomic mass is 35.5. The van der Waals surface area contributed by atoms with Gasteiger partial charge in [-0.15, -0.1) is 0 Å². The molecule has 10 heteroatoms. The Bertz CT molecular complexity index is 1080.